The smallest absolute Gasteiger partial charge is 0.355 e. The van der Waals surface area contributed by atoms with E-state index < -0.39 is 9.28 Å². The summed E-state index contributed by atoms with van der Waals surface area (Å²) in [7, 11) is 4.04. The predicted molar refractivity (Wildman–Crippen MR) is 93.1 cm³/mol. The number of anilines is 1. The molecular weight excluding hydrogens is 302 g/mol. The largest absolute Gasteiger partial charge is 0.404 e. The summed E-state index contributed by atoms with van der Waals surface area (Å²) in [6.45, 7) is 4.01. The van der Waals surface area contributed by atoms with Crippen molar-refractivity contribution in [1.82, 2.24) is 0 Å². The molecule has 1 atom stereocenters. The van der Waals surface area contributed by atoms with Crippen LogP contribution in [-0.2, 0) is 24.4 Å². The van der Waals surface area contributed by atoms with E-state index in [1.165, 1.54) is 10.8 Å². The fourth-order valence-corrected chi connectivity index (χ4v) is 3.59. The molecule has 0 aromatic heterocycles. The number of ether oxygens (including phenoxy) is 1. The van der Waals surface area contributed by atoms with Gasteiger partial charge >= 0.3 is 9.28 Å². The summed E-state index contributed by atoms with van der Waals surface area (Å²) in [4.78, 5) is 0. The molecule has 1 aromatic carbocycles. The Balaban J connectivity index is 0.000000567. The van der Waals surface area contributed by atoms with Crippen molar-refractivity contribution in [3.05, 3.63) is 23.8 Å². The number of rotatable bonds is 7. The maximum Gasteiger partial charge on any atom is 0.355 e. The molecule has 0 saturated heterocycles. The molecule has 0 amide bonds. The van der Waals surface area contributed by atoms with Crippen molar-refractivity contribution in [3.63, 3.8) is 0 Å². The number of benzene rings is 1. The molecule has 122 valence electrons. The lowest BCUT2D eigenvalue weighted by Crippen LogP contribution is -2.37. The molecule has 0 aliphatic carbocycles. The van der Waals surface area contributed by atoms with Gasteiger partial charge in [-0.05, 0) is 30.2 Å². The average Bonchev–Trinajstić information content (AvgIpc) is 2.51. The minimum atomic E-state index is -1.73. The van der Waals surface area contributed by atoms with Gasteiger partial charge in [-0.3, -0.25) is 0 Å². The van der Waals surface area contributed by atoms with E-state index in [-0.39, 0.29) is 6.29 Å². The van der Waals surface area contributed by atoms with Crippen LogP contribution in [-0.4, -0.2) is 47.4 Å². The van der Waals surface area contributed by atoms with E-state index >= 15 is 0 Å². The number of methoxy groups -OCH3 is 1. The zero-order chi connectivity index (χ0) is 16.3. The average molecular weight is 332 g/mol. The molecule has 0 radical (unpaired) electrons. The molecule has 0 aliphatic heterocycles. The Hall–Kier alpha value is -0.706. The maximum atomic E-state index is 5.97. The van der Waals surface area contributed by atoms with Crippen molar-refractivity contribution in [3.8, 4) is 0 Å². The van der Waals surface area contributed by atoms with Crippen LogP contribution in [0.3, 0.4) is 0 Å². The highest BCUT2D eigenvalue weighted by atomic mass is 28.3. The summed E-state index contributed by atoms with van der Waals surface area (Å²) in [5.74, 6) is 0. The zero-order valence-corrected chi connectivity index (χ0v) is 17.2. The van der Waals surface area contributed by atoms with Crippen molar-refractivity contribution in [2.45, 2.75) is 33.0 Å². The molecule has 0 spiro atoms. The summed E-state index contributed by atoms with van der Waals surface area (Å²) in [6, 6.07) is 5.96. The normalized spacial score (nSPS) is 12.1. The van der Waals surface area contributed by atoms with Gasteiger partial charge in [-0.2, -0.15) is 0 Å². The molecular formula is C14H29NO4Si2. The Morgan fingerprint density at radius 1 is 1.24 bits per heavy atom. The summed E-state index contributed by atoms with van der Waals surface area (Å²) in [6.07, 6.45) is 2.06. The summed E-state index contributed by atoms with van der Waals surface area (Å²) < 4.78 is 20.3. The molecule has 1 rings (SSSR count). The van der Waals surface area contributed by atoms with Crippen LogP contribution in [0.1, 0.15) is 25.8 Å². The minimum absolute atomic E-state index is 0.00309. The fourth-order valence-electron chi connectivity index (χ4n) is 1.83. The lowest BCUT2D eigenvalue weighted by molar-refractivity contribution is -0.0334. The van der Waals surface area contributed by atoms with Gasteiger partial charge in [-0.25, -0.2) is 0 Å². The van der Waals surface area contributed by atoms with Crippen molar-refractivity contribution < 1.29 is 18.0 Å². The third-order valence-electron chi connectivity index (χ3n) is 3.09. The number of hydrogen-bond acceptors (Lipinski definition) is 5. The first-order chi connectivity index (χ1) is 10.0. The molecule has 1 aromatic rings. The van der Waals surface area contributed by atoms with Gasteiger partial charge in [-0.1, -0.05) is 25.5 Å². The Kier molecular flexibility index (Phi) is 11.5. The van der Waals surface area contributed by atoms with Crippen molar-refractivity contribution in [2.75, 3.05) is 27.1 Å². The zero-order valence-electron chi connectivity index (χ0n) is 14.0. The van der Waals surface area contributed by atoms with Gasteiger partial charge in [0.1, 0.15) is 16.8 Å². The van der Waals surface area contributed by atoms with Gasteiger partial charge in [0.2, 0.25) is 0 Å². The van der Waals surface area contributed by atoms with Gasteiger partial charge in [0.05, 0.1) is 0 Å². The van der Waals surface area contributed by atoms with Crippen LogP contribution in [0.2, 0.25) is 0 Å². The molecule has 0 heterocycles. The van der Waals surface area contributed by atoms with Crippen LogP contribution in [0.15, 0.2) is 18.2 Å². The standard InChI is InChI=1S/C11H19NO2Si.C3H10O2Si/c1-4-6-9-10(12)7-5-8-11(9)15(13-2)14-3;1-3(4-2)5-6/h5,7-8,15H,4,6,12H2,1-3H3;3H,1-2,6H3. The second-order valence-electron chi connectivity index (χ2n) is 4.51. The van der Waals surface area contributed by atoms with E-state index in [0.717, 1.165) is 29.0 Å². The van der Waals surface area contributed by atoms with Crippen LogP contribution in [0, 0.1) is 0 Å². The molecule has 0 bridgehead atoms. The van der Waals surface area contributed by atoms with Crippen molar-refractivity contribution in [1.29, 1.82) is 0 Å². The first-order valence-corrected chi connectivity index (χ1v) is 9.37. The van der Waals surface area contributed by atoms with E-state index in [1.54, 1.807) is 21.3 Å². The maximum absolute atomic E-state index is 5.97. The molecule has 1 unspecified atom stereocenters. The number of hydrogen-bond donors (Lipinski definition) is 1. The Morgan fingerprint density at radius 3 is 2.24 bits per heavy atom. The third kappa shape index (κ3) is 7.21. The van der Waals surface area contributed by atoms with E-state index in [4.69, 9.17) is 23.7 Å². The lowest BCUT2D eigenvalue weighted by atomic mass is 10.1. The van der Waals surface area contributed by atoms with Crippen LogP contribution in [0.25, 0.3) is 0 Å². The molecule has 21 heavy (non-hydrogen) atoms. The highest BCUT2D eigenvalue weighted by Gasteiger charge is 2.18. The fraction of sp³-hybridized carbons (Fsp3) is 0.571. The molecule has 0 aliphatic rings. The van der Waals surface area contributed by atoms with E-state index in [2.05, 4.69) is 13.0 Å². The van der Waals surface area contributed by atoms with Gasteiger partial charge < -0.3 is 23.7 Å². The third-order valence-corrected chi connectivity index (χ3v) is 5.66. The second kappa shape index (κ2) is 11.9. The highest BCUT2D eigenvalue weighted by Crippen LogP contribution is 2.12. The first-order valence-electron chi connectivity index (χ1n) is 7.04. The summed E-state index contributed by atoms with van der Waals surface area (Å²) in [5, 5.41) is 1.17. The Labute approximate surface area is 133 Å². The van der Waals surface area contributed by atoms with Gasteiger partial charge in [0.25, 0.3) is 0 Å². The lowest BCUT2D eigenvalue weighted by Gasteiger charge is -2.16. The molecule has 0 saturated carbocycles. The van der Waals surface area contributed by atoms with E-state index in [0.29, 0.717) is 0 Å². The van der Waals surface area contributed by atoms with Crippen LogP contribution in [0.4, 0.5) is 5.69 Å². The van der Waals surface area contributed by atoms with Crippen molar-refractivity contribution >= 4 is 30.6 Å². The second-order valence-corrected chi connectivity index (χ2v) is 7.21. The van der Waals surface area contributed by atoms with Crippen LogP contribution in [0.5, 0.6) is 0 Å². The monoisotopic (exact) mass is 331 g/mol. The van der Waals surface area contributed by atoms with Gasteiger partial charge in [0, 0.05) is 27.0 Å². The van der Waals surface area contributed by atoms with Gasteiger partial charge in [-0.15, -0.1) is 0 Å². The quantitative estimate of drug-likeness (QED) is 0.440. The van der Waals surface area contributed by atoms with E-state index in [1.807, 2.05) is 19.1 Å². The molecule has 2 N–H and O–H groups in total. The Bertz CT molecular complexity index is 385. The summed E-state index contributed by atoms with van der Waals surface area (Å²) in [5.41, 5.74) is 8.01. The van der Waals surface area contributed by atoms with E-state index in [9.17, 15) is 0 Å². The molecule has 7 heteroatoms. The SMILES string of the molecule is CCCc1c(N)cccc1[SiH](OC)OC.COC(C)O[SiH3]. The molecule has 0 fully saturated rings. The summed E-state index contributed by atoms with van der Waals surface area (Å²) >= 11 is 0. The van der Waals surface area contributed by atoms with Crippen LogP contribution >= 0.6 is 0 Å². The first kappa shape index (κ1) is 20.3. The van der Waals surface area contributed by atoms with Crippen LogP contribution < -0.4 is 10.9 Å². The number of nitrogen functional groups attached to an aromatic ring is 1. The molecule has 5 nitrogen and oxygen atoms in total. The predicted octanol–water partition coefficient (Wildman–Crippen LogP) is 0.217. The number of nitrogens with two attached hydrogens (primary N) is 1. The highest BCUT2D eigenvalue weighted by molar-refractivity contribution is 6.62. The van der Waals surface area contributed by atoms with Gasteiger partial charge in [0.15, 0.2) is 0 Å². The topological polar surface area (TPSA) is 62.9 Å². The Morgan fingerprint density at radius 2 is 1.86 bits per heavy atom. The minimum Gasteiger partial charge on any atom is -0.404 e. The van der Waals surface area contributed by atoms with Crippen molar-refractivity contribution in [2.24, 2.45) is 0 Å².